The van der Waals surface area contributed by atoms with Crippen molar-refractivity contribution in [2.45, 2.75) is 38.8 Å². The Bertz CT molecular complexity index is 1460. The highest BCUT2D eigenvalue weighted by atomic mass is 35.5. The van der Waals surface area contributed by atoms with E-state index < -0.39 is 6.04 Å². The third-order valence-corrected chi connectivity index (χ3v) is 7.64. The van der Waals surface area contributed by atoms with Crippen molar-refractivity contribution in [2.24, 2.45) is 0 Å². The number of nitrogens with zero attached hydrogens (tertiary/aromatic N) is 6. The van der Waals surface area contributed by atoms with Crippen LogP contribution in [0.15, 0.2) is 53.3 Å². The number of aromatic amines is 1. The minimum Gasteiger partial charge on any atom is -0.497 e. The third-order valence-electron chi connectivity index (χ3n) is 7.40. The molecule has 1 fully saturated rings. The van der Waals surface area contributed by atoms with Crippen LogP contribution >= 0.6 is 11.6 Å². The van der Waals surface area contributed by atoms with E-state index in [0.29, 0.717) is 11.4 Å². The number of nitrogens with one attached hydrogen (secondary N) is 1. The molecule has 0 spiro atoms. The molecule has 2 aromatic carbocycles. The van der Waals surface area contributed by atoms with Crippen LogP contribution in [0.4, 0.5) is 5.69 Å². The van der Waals surface area contributed by atoms with E-state index in [-0.39, 0.29) is 11.1 Å². The van der Waals surface area contributed by atoms with E-state index in [1.807, 2.05) is 47.1 Å². The fourth-order valence-electron chi connectivity index (χ4n) is 4.89. The minimum absolute atomic E-state index is 0.149. The zero-order valence-electron chi connectivity index (χ0n) is 21.6. The third kappa shape index (κ3) is 4.93. The molecule has 9 nitrogen and oxygen atoms in total. The number of benzene rings is 2. The second-order valence-electron chi connectivity index (χ2n) is 10.0. The monoisotopic (exact) mass is 521 g/mol. The highest BCUT2D eigenvalue weighted by molar-refractivity contribution is 6.30. The lowest BCUT2D eigenvalue weighted by molar-refractivity contribution is 0.186. The molecule has 0 aliphatic carbocycles. The quantitative estimate of drug-likeness (QED) is 0.389. The summed E-state index contributed by atoms with van der Waals surface area (Å²) < 4.78 is 7.30. The van der Waals surface area contributed by atoms with Gasteiger partial charge >= 0.3 is 0 Å². The van der Waals surface area contributed by atoms with Crippen molar-refractivity contribution in [2.75, 3.05) is 38.2 Å². The molecular weight excluding hydrogens is 490 g/mol. The van der Waals surface area contributed by atoms with E-state index in [0.717, 1.165) is 60.0 Å². The van der Waals surface area contributed by atoms with Crippen molar-refractivity contribution in [1.29, 1.82) is 0 Å². The van der Waals surface area contributed by atoms with Crippen LogP contribution in [-0.4, -0.2) is 63.4 Å². The Kier molecular flexibility index (Phi) is 6.92. The second-order valence-corrected chi connectivity index (χ2v) is 10.5. The number of anilines is 1. The smallest absolute Gasteiger partial charge is 0.253 e. The van der Waals surface area contributed by atoms with Gasteiger partial charge in [0.05, 0.1) is 12.6 Å². The van der Waals surface area contributed by atoms with Gasteiger partial charge in [-0.3, -0.25) is 9.69 Å². The van der Waals surface area contributed by atoms with Crippen LogP contribution in [0, 0.1) is 0 Å². The summed E-state index contributed by atoms with van der Waals surface area (Å²) in [5, 5.41) is 14.5. The number of pyridine rings is 1. The van der Waals surface area contributed by atoms with Crippen molar-refractivity contribution in [3.8, 4) is 5.75 Å². The van der Waals surface area contributed by atoms with Crippen LogP contribution in [0.1, 0.15) is 44.6 Å². The summed E-state index contributed by atoms with van der Waals surface area (Å²) in [6, 6.07) is 15.1. The summed E-state index contributed by atoms with van der Waals surface area (Å²) in [5.74, 6) is 1.39. The van der Waals surface area contributed by atoms with Crippen LogP contribution < -0.4 is 15.2 Å². The van der Waals surface area contributed by atoms with Crippen molar-refractivity contribution < 1.29 is 4.74 Å². The maximum atomic E-state index is 13.5. The van der Waals surface area contributed by atoms with Crippen LogP contribution in [0.25, 0.3) is 10.9 Å². The average Bonchev–Trinajstić information content (AvgIpc) is 3.40. The Labute approximate surface area is 221 Å². The SMILES string of the molecule is CCC(C)(C)n1nnnc1[C@@H](c1cc2cc(OC)ccc2[nH]c1=O)N1CCN(c2cccc(Cl)c2)CC1. The van der Waals surface area contributed by atoms with Gasteiger partial charge in [-0.2, -0.15) is 0 Å². The number of fused-ring (bicyclic) bond motifs is 1. The number of hydrogen-bond acceptors (Lipinski definition) is 7. The molecule has 0 bridgehead atoms. The summed E-state index contributed by atoms with van der Waals surface area (Å²) >= 11 is 6.24. The van der Waals surface area contributed by atoms with E-state index in [1.54, 1.807) is 7.11 Å². The number of ether oxygens (including phenoxy) is 1. The van der Waals surface area contributed by atoms with Gasteiger partial charge in [0.15, 0.2) is 5.82 Å². The van der Waals surface area contributed by atoms with Gasteiger partial charge in [0.1, 0.15) is 11.8 Å². The fourth-order valence-corrected chi connectivity index (χ4v) is 5.07. The summed E-state index contributed by atoms with van der Waals surface area (Å²) in [6.45, 7) is 9.36. The van der Waals surface area contributed by atoms with E-state index >= 15 is 0 Å². The number of aromatic nitrogens is 5. The lowest BCUT2D eigenvalue weighted by atomic mass is 9.98. The number of halogens is 1. The molecule has 0 unspecified atom stereocenters. The summed E-state index contributed by atoms with van der Waals surface area (Å²) in [5.41, 5.74) is 2.00. The molecule has 194 valence electrons. The largest absolute Gasteiger partial charge is 0.497 e. The van der Waals surface area contributed by atoms with Crippen molar-refractivity contribution in [3.63, 3.8) is 0 Å². The summed E-state index contributed by atoms with van der Waals surface area (Å²) in [4.78, 5) is 21.2. The van der Waals surface area contributed by atoms with E-state index in [2.05, 4.69) is 57.1 Å². The van der Waals surface area contributed by atoms with E-state index in [1.165, 1.54) is 0 Å². The number of methoxy groups -OCH3 is 1. The molecule has 0 saturated carbocycles. The highest BCUT2D eigenvalue weighted by Gasteiger charge is 2.35. The predicted octanol–water partition coefficient (Wildman–Crippen LogP) is 4.23. The zero-order valence-corrected chi connectivity index (χ0v) is 22.4. The van der Waals surface area contributed by atoms with Crippen LogP contribution in [-0.2, 0) is 5.54 Å². The molecule has 0 radical (unpaired) electrons. The van der Waals surface area contributed by atoms with Crippen LogP contribution in [0.3, 0.4) is 0 Å². The molecule has 1 atom stereocenters. The molecule has 3 heterocycles. The summed E-state index contributed by atoms with van der Waals surface area (Å²) in [7, 11) is 1.64. The van der Waals surface area contributed by atoms with Gasteiger partial charge in [0.2, 0.25) is 0 Å². The molecule has 0 amide bonds. The molecule has 1 N–H and O–H groups in total. The number of tetrazole rings is 1. The average molecular weight is 522 g/mol. The van der Waals surface area contributed by atoms with Gasteiger partial charge in [-0.05, 0) is 73.2 Å². The Morgan fingerprint density at radius 1 is 1.11 bits per heavy atom. The fraction of sp³-hybridized carbons (Fsp3) is 0.407. The number of H-pyrrole nitrogens is 1. The Morgan fingerprint density at radius 3 is 2.59 bits per heavy atom. The molecule has 1 aliphatic rings. The standard InChI is InChI=1S/C27H32ClN7O2/c1-5-27(2,3)35-25(30-31-32-35)24(22-16-18-15-21(37-4)9-10-23(18)29-26(22)36)34-13-11-33(12-14-34)20-8-6-7-19(28)17-20/h6-10,15-17,24H,5,11-14H2,1-4H3,(H,29,36)/t24-/m1/s1. The molecule has 1 saturated heterocycles. The molecular formula is C27H32ClN7O2. The number of hydrogen-bond donors (Lipinski definition) is 1. The first-order chi connectivity index (χ1) is 17.8. The van der Waals surface area contributed by atoms with Crippen molar-refractivity contribution >= 4 is 28.2 Å². The maximum absolute atomic E-state index is 13.5. The van der Waals surface area contributed by atoms with Crippen molar-refractivity contribution in [3.05, 3.63) is 75.3 Å². The molecule has 1 aliphatic heterocycles. The zero-order chi connectivity index (χ0) is 26.2. The van der Waals surface area contributed by atoms with Gasteiger partial charge in [-0.1, -0.05) is 24.6 Å². The molecule has 4 aromatic rings. The Morgan fingerprint density at radius 2 is 1.89 bits per heavy atom. The normalized spacial score (nSPS) is 15.8. The van der Waals surface area contributed by atoms with Gasteiger partial charge in [-0.15, -0.1) is 5.10 Å². The molecule has 10 heteroatoms. The lowest BCUT2D eigenvalue weighted by Crippen LogP contribution is -2.49. The first-order valence-corrected chi connectivity index (χ1v) is 12.9. The lowest BCUT2D eigenvalue weighted by Gasteiger charge is -2.40. The second kappa shape index (κ2) is 10.1. The molecule has 2 aromatic heterocycles. The molecule has 37 heavy (non-hydrogen) atoms. The van der Waals surface area contributed by atoms with E-state index in [4.69, 9.17) is 16.3 Å². The maximum Gasteiger partial charge on any atom is 0.253 e. The van der Waals surface area contributed by atoms with Crippen LogP contribution in [0.5, 0.6) is 5.75 Å². The van der Waals surface area contributed by atoms with Gasteiger partial charge < -0.3 is 14.6 Å². The summed E-state index contributed by atoms with van der Waals surface area (Å²) in [6.07, 6.45) is 0.839. The van der Waals surface area contributed by atoms with Gasteiger partial charge in [0, 0.05) is 53.4 Å². The Hall–Kier alpha value is -3.43. The number of rotatable bonds is 7. The van der Waals surface area contributed by atoms with Gasteiger partial charge in [0.25, 0.3) is 5.56 Å². The molecule has 5 rings (SSSR count). The topological polar surface area (TPSA) is 92.2 Å². The Balaban J connectivity index is 1.57. The first-order valence-electron chi connectivity index (χ1n) is 12.5. The van der Waals surface area contributed by atoms with E-state index in [9.17, 15) is 4.79 Å². The minimum atomic E-state index is -0.415. The first kappa shape index (κ1) is 25.2. The van der Waals surface area contributed by atoms with Crippen LogP contribution in [0.2, 0.25) is 5.02 Å². The van der Waals surface area contributed by atoms with Gasteiger partial charge in [-0.25, -0.2) is 4.68 Å². The number of piperazine rings is 1. The van der Waals surface area contributed by atoms with Crippen molar-refractivity contribution in [1.82, 2.24) is 30.1 Å². The predicted molar refractivity (Wildman–Crippen MR) is 146 cm³/mol. The highest BCUT2D eigenvalue weighted by Crippen LogP contribution is 2.32.